The van der Waals surface area contributed by atoms with Gasteiger partial charge in [-0.2, -0.15) is 5.26 Å². The molecule has 2 heterocycles. The Kier molecular flexibility index (Phi) is 2.35. The lowest BCUT2D eigenvalue weighted by Gasteiger charge is -2.06. The molecule has 0 spiro atoms. The van der Waals surface area contributed by atoms with Gasteiger partial charge in [0, 0.05) is 28.9 Å². The van der Waals surface area contributed by atoms with Crippen LogP contribution < -0.4 is 0 Å². The number of rotatable bonds is 1. The van der Waals surface area contributed by atoms with Crippen LogP contribution in [0.25, 0.3) is 22.2 Å². The van der Waals surface area contributed by atoms with Gasteiger partial charge < -0.3 is 4.98 Å². The van der Waals surface area contributed by atoms with Crippen molar-refractivity contribution in [2.75, 3.05) is 0 Å². The van der Waals surface area contributed by atoms with E-state index in [1.54, 1.807) is 6.20 Å². The number of fused-ring (bicyclic) bond motifs is 1. The number of aromatic amines is 1. The fourth-order valence-corrected chi connectivity index (χ4v) is 2.14. The van der Waals surface area contributed by atoms with Crippen LogP contribution in [0.15, 0.2) is 42.7 Å². The Labute approximate surface area is 105 Å². The summed E-state index contributed by atoms with van der Waals surface area (Å²) in [6.07, 6.45) is 3.66. The third-order valence-electron chi connectivity index (χ3n) is 3.10. The molecule has 0 saturated heterocycles. The van der Waals surface area contributed by atoms with Gasteiger partial charge in [-0.05, 0) is 24.6 Å². The average Bonchev–Trinajstić information content (AvgIpc) is 2.85. The number of pyridine rings is 1. The lowest BCUT2D eigenvalue weighted by atomic mass is 9.97. The number of nitrogens with zero attached hydrogens (tertiary/aromatic N) is 2. The molecule has 86 valence electrons. The van der Waals surface area contributed by atoms with Crippen LogP contribution in [0.4, 0.5) is 0 Å². The first-order valence-electron chi connectivity index (χ1n) is 5.73. The number of nitriles is 1. The first-order valence-corrected chi connectivity index (χ1v) is 5.73. The van der Waals surface area contributed by atoms with Crippen molar-refractivity contribution >= 4 is 11.0 Å². The van der Waals surface area contributed by atoms with Gasteiger partial charge in [0.05, 0.1) is 5.56 Å². The fraction of sp³-hybridized carbons (Fsp3) is 0.0667. The van der Waals surface area contributed by atoms with Gasteiger partial charge >= 0.3 is 0 Å². The summed E-state index contributed by atoms with van der Waals surface area (Å²) in [5.74, 6) is 0. The van der Waals surface area contributed by atoms with Crippen LogP contribution in [0, 0.1) is 18.3 Å². The molecule has 18 heavy (non-hydrogen) atoms. The van der Waals surface area contributed by atoms with Gasteiger partial charge in [-0.3, -0.25) is 0 Å². The molecule has 0 bridgehead atoms. The highest BCUT2D eigenvalue weighted by Crippen LogP contribution is 2.27. The fourth-order valence-electron chi connectivity index (χ4n) is 2.14. The second kappa shape index (κ2) is 4.01. The summed E-state index contributed by atoms with van der Waals surface area (Å²) in [5.41, 5.74) is 4.48. The Morgan fingerprint density at radius 1 is 1.28 bits per heavy atom. The Hall–Kier alpha value is -2.60. The lowest BCUT2D eigenvalue weighted by Crippen LogP contribution is -1.89. The number of hydrogen-bond acceptors (Lipinski definition) is 2. The minimum Gasteiger partial charge on any atom is -0.346 e. The van der Waals surface area contributed by atoms with E-state index in [-0.39, 0.29) is 0 Å². The van der Waals surface area contributed by atoms with Crippen molar-refractivity contribution in [3.8, 4) is 17.2 Å². The van der Waals surface area contributed by atoms with Gasteiger partial charge in [0.2, 0.25) is 0 Å². The maximum atomic E-state index is 9.26. The normalized spacial score (nSPS) is 10.4. The van der Waals surface area contributed by atoms with E-state index >= 15 is 0 Å². The molecule has 0 fully saturated rings. The predicted molar refractivity (Wildman–Crippen MR) is 71.0 cm³/mol. The van der Waals surface area contributed by atoms with Gasteiger partial charge in [0.15, 0.2) is 0 Å². The number of hydrogen-bond donors (Lipinski definition) is 1. The maximum Gasteiger partial charge on any atom is 0.137 e. The molecule has 0 aliphatic carbocycles. The van der Waals surface area contributed by atoms with E-state index in [1.807, 2.05) is 37.4 Å². The van der Waals surface area contributed by atoms with Crippen LogP contribution in [-0.4, -0.2) is 9.97 Å². The van der Waals surface area contributed by atoms with Crippen molar-refractivity contribution in [3.63, 3.8) is 0 Å². The molecule has 3 aromatic rings. The lowest BCUT2D eigenvalue weighted by molar-refractivity contribution is 1.32. The molecule has 0 aliphatic heterocycles. The standard InChI is InChI=1S/C15H11N3/c1-10-3-2-4-13(14(10)8-16)12-7-11-5-6-17-15(11)18-9-12/h2-7,9H,1H3,(H,17,18). The molecule has 0 saturated carbocycles. The van der Waals surface area contributed by atoms with E-state index in [2.05, 4.69) is 22.1 Å². The number of aryl methyl sites for hydroxylation is 1. The molecule has 3 rings (SSSR count). The SMILES string of the molecule is Cc1cccc(-c2cnc3[nH]ccc3c2)c1C#N. The maximum absolute atomic E-state index is 9.26. The molecule has 0 radical (unpaired) electrons. The van der Waals surface area contributed by atoms with Gasteiger partial charge in [-0.1, -0.05) is 18.2 Å². The Morgan fingerprint density at radius 2 is 2.17 bits per heavy atom. The average molecular weight is 233 g/mol. The third kappa shape index (κ3) is 1.56. The predicted octanol–water partition coefficient (Wildman–Crippen LogP) is 3.41. The van der Waals surface area contributed by atoms with Crippen LogP contribution in [-0.2, 0) is 0 Å². The highest BCUT2D eigenvalue weighted by Gasteiger charge is 2.08. The van der Waals surface area contributed by atoms with Gasteiger partial charge in [0.25, 0.3) is 0 Å². The van der Waals surface area contributed by atoms with Crippen molar-refractivity contribution in [3.05, 3.63) is 53.9 Å². The zero-order chi connectivity index (χ0) is 12.5. The molecular formula is C15H11N3. The van der Waals surface area contributed by atoms with Crippen LogP contribution in [0.1, 0.15) is 11.1 Å². The van der Waals surface area contributed by atoms with Crippen molar-refractivity contribution in [1.82, 2.24) is 9.97 Å². The summed E-state index contributed by atoms with van der Waals surface area (Å²) >= 11 is 0. The van der Waals surface area contributed by atoms with Crippen molar-refractivity contribution in [2.45, 2.75) is 6.92 Å². The zero-order valence-corrected chi connectivity index (χ0v) is 9.94. The van der Waals surface area contributed by atoms with Gasteiger partial charge in [-0.25, -0.2) is 4.98 Å². The highest BCUT2D eigenvalue weighted by atomic mass is 14.8. The van der Waals surface area contributed by atoms with E-state index < -0.39 is 0 Å². The number of nitrogens with one attached hydrogen (secondary N) is 1. The first-order chi connectivity index (χ1) is 8.79. The summed E-state index contributed by atoms with van der Waals surface area (Å²) in [7, 11) is 0. The van der Waals surface area contributed by atoms with Crippen LogP contribution in [0.5, 0.6) is 0 Å². The van der Waals surface area contributed by atoms with Crippen LogP contribution >= 0.6 is 0 Å². The summed E-state index contributed by atoms with van der Waals surface area (Å²) in [6, 6.07) is 12.2. The Balaban J connectivity index is 2.26. The molecule has 3 nitrogen and oxygen atoms in total. The minimum absolute atomic E-state index is 0.717. The van der Waals surface area contributed by atoms with E-state index in [1.165, 1.54) is 0 Å². The van der Waals surface area contributed by atoms with E-state index in [9.17, 15) is 5.26 Å². The number of H-pyrrole nitrogens is 1. The summed E-state index contributed by atoms with van der Waals surface area (Å²) < 4.78 is 0. The molecular weight excluding hydrogens is 222 g/mol. The third-order valence-corrected chi connectivity index (χ3v) is 3.10. The first kappa shape index (κ1) is 10.5. The second-order valence-electron chi connectivity index (χ2n) is 4.25. The minimum atomic E-state index is 0.717. The van der Waals surface area contributed by atoms with Gasteiger partial charge in [-0.15, -0.1) is 0 Å². The highest BCUT2D eigenvalue weighted by molar-refractivity contribution is 5.83. The second-order valence-corrected chi connectivity index (χ2v) is 4.25. The molecule has 0 unspecified atom stereocenters. The van der Waals surface area contributed by atoms with Crippen molar-refractivity contribution in [2.24, 2.45) is 0 Å². The Bertz CT molecular complexity index is 763. The molecule has 3 heteroatoms. The monoisotopic (exact) mass is 233 g/mol. The molecule has 0 aliphatic rings. The van der Waals surface area contributed by atoms with E-state index in [4.69, 9.17) is 0 Å². The van der Waals surface area contributed by atoms with E-state index in [0.29, 0.717) is 5.56 Å². The quantitative estimate of drug-likeness (QED) is 0.700. The molecule has 1 N–H and O–H groups in total. The summed E-state index contributed by atoms with van der Waals surface area (Å²) in [5, 5.41) is 10.3. The Morgan fingerprint density at radius 3 is 3.00 bits per heavy atom. The van der Waals surface area contributed by atoms with Crippen LogP contribution in [0.2, 0.25) is 0 Å². The number of aromatic nitrogens is 2. The topological polar surface area (TPSA) is 52.5 Å². The van der Waals surface area contributed by atoms with E-state index in [0.717, 1.165) is 27.7 Å². The zero-order valence-electron chi connectivity index (χ0n) is 9.94. The molecule has 2 aromatic heterocycles. The van der Waals surface area contributed by atoms with Crippen molar-refractivity contribution < 1.29 is 0 Å². The number of benzene rings is 1. The molecule has 0 atom stereocenters. The summed E-state index contributed by atoms with van der Waals surface area (Å²) in [4.78, 5) is 7.42. The smallest absolute Gasteiger partial charge is 0.137 e. The summed E-state index contributed by atoms with van der Waals surface area (Å²) in [6.45, 7) is 1.95. The van der Waals surface area contributed by atoms with Crippen molar-refractivity contribution in [1.29, 1.82) is 5.26 Å². The molecule has 1 aromatic carbocycles. The largest absolute Gasteiger partial charge is 0.346 e. The van der Waals surface area contributed by atoms with Crippen LogP contribution in [0.3, 0.4) is 0 Å². The molecule has 0 amide bonds. The van der Waals surface area contributed by atoms with Gasteiger partial charge in [0.1, 0.15) is 11.7 Å².